The van der Waals surface area contributed by atoms with Crippen molar-refractivity contribution in [3.8, 4) is 0 Å². The maximum absolute atomic E-state index is 11.6. The number of aromatic carboxylic acids is 1. The van der Waals surface area contributed by atoms with Crippen LogP contribution < -0.4 is 5.32 Å². The van der Waals surface area contributed by atoms with Crippen molar-refractivity contribution in [2.24, 2.45) is 0 Å². The summed E-state index contributed by atoms with van der Waals surface area (Å²) < 4.78 is 0. The Morgan fingerprint density at radius 2 is 2.28 bits per heavy atom. The number of aromatic amines is 1. The molecule has 7 nitrogen and oxygen atoms in total. The fraction of sp³-hybridized carbons (Fsp3) is 0.0909. The zero-order valence-electron chi connectivity index (χ0n) is 9.25. The summed E-state index contributed by atoms with van der Waals surface area (Å²) in [6, 6.07) is 2.80. The Morgan fingerprint density at radius 3 is 2.94 bits per heavy atom. The monoisotopic (exact) mass is 246 g/mol. The summed E-state index contributed by atoms with van der Waals surface area (Å²) in [6.45, 7) is 0.152. The van der Waals surface area contributed by atoms with Gasteiger partial charge in [-0.15, -0.1) is 0 Å². The Balaban J connectivity index is 2.00. The van der Waals surface area contributed by atoms with Crippen LogP contribution in [0.15, 0.2) is 30.9 Å². The van der Waals surface area contributed by atoms with Gasteiger partial charge >= 0.3 is 5.97 Å². The Labute approximate surface area is 102 Å². The molecule has 3 N–H and O–H groups in total. The van der Waals surface area contributed by atoms with Crippen molar-refractivity contribution in [3.63, 3.8) is 0 Å². The van der Waals surface area contributed by atoms with Crippen molar-refractivity contribution < 1.29 is 14.7 Å². The smallest absolute Gasteiger partial charge is 0.335 e. The van der Waals surface area contributed by atoms with E-state index >= 15 is 0 Å². The highest BCUT2D eigenvalue weighted by Crippen LogP contribution is 2.02. The first-order valence-corrected chi connectivity index (χ1v) is 5.11. The summed E-state index contributed by atoms with van der Waals surface area (Å²) in [4.78, 5) is 32.7. The second-order valence-corrected chi connectivity index (χ2v) is 3.49. The molecule has 0 aliphatic carbocycles. The average molecular weight is 246 g/mol. The normalized spacial score (nSPS) is 10.0. The molecule has 0 radical (unpaired) electrons. The molecule has 0 spiro atoms. The standard InChI is InChI=1S/C11H10N4O3/c16-10(9-5-12-6-15-9)14-4-8-3-7(11(17)18)1-2-13-8/h1-3,5-6H,4H2,(H,12,15)(H,14,16)(H,17,18). The molecule has 2 rings (SSSR count). The highest BCUT2D eigenvalue weighted by Gasteiger charge is 2.08. The highest BCUT2D eigenvalue weighted by atomic mass is 16.4. The second-order valence-electron chi connectivity index (χ2n) is 3.49. The number of pyridine rings is 1. The molecule has 18 heavy (non-hydrogen) atoms. The lowest BCUT2D eigenvalue weighted by molar-refractivity contribution is 0.0696. The van der Waals surface area contributed by atoms with Gasteiger partial charge in [0.2, 0.25) is 0 Å². The molecule has 0 fully saturated rings. The van der Waals surface area contributed by atoms with E-state index in [1.807, 2.05) is 0 Å². The lowest BCUT2D eigenvalue weighted by atomic mass is 10.2. The molecule has 2 aromatic heterocycles. The van der Waals surface area contributed by atoms with Gasteiger partial charge in [0.05, 0.1) is 30.3 Å². The lowest BCUT2D eigenvalue weighted by Crippen LogP contribution is -2.23. The first-order valence-electron chi connectivity index (χ1n) is 5.11. The molecule has 0 aliphatic heterocycles. The molecule has 0 saturated carbocycles. The van der Waals surface area contributed by atoms with Gasteiger partial charge in [0, 0.05) is 6.20 Å². The van der Waals surface area contributed by atoms with E-state index < -0.39 is 5.97 Å². The predicted molar refractivity (Wildman–Crippen MR) is 61.0 cm³/mol. The number of nitrogens with one attached hydrogen (secondary N) is 2. The molecule has 2 heterocycles. The summed E-state index contributed by atoms with van der Waals surface area (Å²) in [7, 11) is 0. The number of aromatic nitrogens is 3. The maximum atomic E-state index is 11.6. The van der Waals surface area contributed by atoms with Crippen molar-refractivity contribution in [1.82, 2.24) is 20.3 Å². The van der Waals surface area contributed by atoms with Crippen LogP contribution in [-0.2, 0) is 6.54 Å². The topological polar surface area (TPSA) is 108 Å². The minimum atomic E-state index is -1.03. The zero-order valence-corrected chi connectivity index (χ0v) is 9.25. The van der Waals surface area contributed by atoms with Gasteiger partial charge in [0.15, 0.2) is 0 Å². The van der Waals surface area contributed by atoms with Crippen LogP contribution in [-0.4, -0.2) is 31.9 Å². The molecule has 0 bridgehead atoms. The third kappa shape index (κ3) is 2.70. The van der Waals surface area contributed by atoms with Crippen LogP contribution in [0.4, 0.5) is 0 Å². The molecule has 1 amide bonds. The number of carboxylic acid groups (broad SMARTS) is 1. The van der Waals surface area contributed by atoms with Crippen LogP contribution in [0.1, 0.15) is 26.5 Å². The quantitative estimate of drug-likeness (QED) is 0.725. The number of carbonyl (C=O) groups is 2. The van der Waals surface area contributed by atoms with Crippen molar-refractivity contribution >= 4 is 11.9 Å². The third-order valence-corrected chi connectivity index (χ3v) is 2.24. The molecule has 2 aromatic rings. The van der Waals surface area contributed by atoms with E-state index in [1.165, 1.54) is 30.9 Å². The van der Waals surface area contributed by atoms with Crippen LogP contribution in [0.25, 0.3) is 0 Å². The minimum absolute atomic E-state index is 0.135. The Hall–Kier alpha value is -2.70. The van der Waals surface area contributed by atoms with E-state index in [9.17, 15) is 9.59 Å². The Kier molecular flexibility index (Phi) is 3.33. The van der Waals surface area contributed by atoms with Gasteiger partial charge in [-0.1, -0.05) is 0 Å². The maximum Gasteiger partial charge on any atom is 0.335 e. The van der Waals surface area contributed by atoms with Crippen LogP contribution in [0.5, 0.6) is 0 Å². The number of hydrogen-bond donors (Lipinski definition) is 3. The number of carbonyl (C=O) groups excluding carboxylic acids is 1. The number of H-pyrrole nitrogens is 1. The van der Waals surface area contributed by atoms with Crippen molar-refractivity contribution in [1.29, 1.82) is 0 Å². The highest BCUT2D eigenvalue weighted by molar-refractivity contribution is 5.92. The Morgan fingerprint density at radius 1 is 1.44 bits per heavy atom. The molecule has 0 aliphatic rings. The average Bonchev–Trinajstić information content (AvgIpc) is 2.90. The van der Waals surface area contributed by atoms with Crippen molar-refractivity contribution in [2.45, 2.75) is 6.54 Å². The van der Waals surface area contributed by atoms with E-state index in [4.69, 9.17) is 5.11 Å². The number of rotatable bonds is 4. The predicted octanol–water partition coefficient (Wildman–Crippen LogP) is 0.433. The fourth-order valence-corrected chi connectivity index (χ4v) is 1.35. The van der Waals surface area contributed by atoms with Gasteiger partial charge in [-0.3, -0.25) is 9.78 Å². The molecule has 92 valence electrons. The van der Waals surface area contributed by atoms with E-state index in [1.54, 1.807) is 0 Å². The molecule has 0 atom stereocenters. The van der Waals surface area contributed by atoms with Gasteiger partial charge in [-0.2, -0.15) is 0 Å². The van der Waals surface area contributed by atoms with Crippen LogP contribution in [0.3, 0.4) is 0 Å². The molecule has 0 saturated heterocycles. The van der Waals surface area contributed by atoms with E-state index in [-0.39, 0.29) is 18.0 Å². The summed E-state index contributed by atoms with van der Waals surface area (Å²) in [6.07, 6.45) is 4.19. The van der Waals surface area contributed by atoms with Gasteiger partial charge < -0.3 is 15.4 Å². The number of imidazole rings is 1. The second kappa shape index (κ2) is 5.09. The first kappa shape index (κ1) is 11.8. The number of amides is 1. The largest absolute Gasteiger partial charge is 0.478 e. The van der Waals surface area contributed by atoms with Gasteiger partial charge in [-0.05, 0) is 12.1 Å². The molecule has 0 unspecified atom stereocenters. The first-order chi connectivity index (χ1) is 8.66. The lowest BCUT2D eigenvalue weighted by Gasteiger charge is -2.03. The number of carboxylic acids is 1. The van der Waals surface area contributed by atoms with Crippen molar-refractivity contribution in [2.75, 3.05) is 0 Å². The fourth-order valence-electron chi connectivity index (χ4n) is 1.35. The Bertz CT molecular complexity index is 565. The third-order valence-electron chi connectivity index (χ3n) is 2.24. The molecular weight excluding hydrogens is 236 g/mol. The molecule has 0 aromatic carbocycles. The van der Waals surface area contributed by atoms with E-state index in [0.717, 1.165) is 0 Å². The zero-order chi connectivity index (χ0) is 13.0. The summed E-state index contributed by atoms with van der Waals surface area (Å²) in [5, 5.41) is 11.4. The number of hydrogen-bond acceptors (Lipinski definition) is 4. The van der Waals surface area contributed by atoms with E-state index in [2.05, 4.69) is 20.3 Å². The summed E-state index contributed by atoms with van der Waals surface area (Å²) in [5.74, 6) is -1.35. The van der Waals surface area contributed by atoms with Gasteiger partial charge in [0.25, 0.3) is 5.91 Å². The van der Waals surface area contributed by atoms with Crippen molar-refractivity contribution in [3.05, 3.63) is 47.8 Å². The molecule has 7 heteroatoms. The summed E-state index contributed by atoms with van der Waals surface area (Å²) in [5.41, 5.74) is 0.947. The molecular formula is C11H10N4O3. The van der Waals surface area contributed by atoms with Gasteiger partial charge in [0.1, 0.15) is 5.69 Å². The SMILES string of the molecule is O=C(O)c1ccnc(CNC(=O)c2cnc[nH]2)c1. The number of nitrogens with zero attached hydrogens (tertiary/aromatic N) is 2. The summed E-state index contributed by atoms with van der Waals surface area (Å²) >= 11 is 0. The van der Waals surface area contributed by atoms with Crippen LogP contribution in [0, 0.1) is 0 Å². The minimum Gasteiger partial charge on any atom is -0.478 e. The van der Waals surface area contributed by atoms with Crippen LogP contribution >= 0.6 is 0 Å². The van der Waals surface area contributed by atoms with Crippen LogP contribution in [0.2, 0.25) is 0 Å². The van der Waals surface area contributed by atoms with Gasteiger partial charge in [-0.25, -0.2) is 9.78 Å². The van der Waals surface area contributed by atoms with E-state index in [0.29, 0.717) is 11.4 Å².